The summed E-state index contributed by atoms with van der Waals surface area (Å²) in [7, 11) is 0. The van der Waals surface area contributed by atoms with Gasteiger partial charge in [-0.2, -0.15) is 0 Å². The van der Waals surface area contributed by atoms with Crippen molar-refractivity contribution in [1.82, 2.24) is 4.90 Å². The molecule has 0 aliphatic carbocycles. The molecule has 88 valence electrons. The summed E-state index contributed by atoms with van der Waals surface area (Å²) in [5, 5.41) is 0. The Kier molecular flexibility index (Phi) is 4.53. The van der Waals surface area contributed by atoms with Gasteiger partial charge in [-0.3, -0.25) is 4.79 Å². The first-order valence-corrected chi connectivity index (χ1v) is 5.85. The number of likely N-dealkylation sites (tertiary alicyclic amines) is 1. The Morgan fingerprint density at radius 2 is 1.75 bits per heavy atom. The molecule has 0 atom stereocenters. The minimum absolute atomic E-state index is 0.198. The van der Waals surface area contributed by atoms with Crippen LogP contribution in [0.4, 0.5) is 0 Å². The van der Waals surface area contributed by atoms with Gasteiger partial charge in [0.05, 0.1) is 5.41 Å². The first-order valence-electron chi connectivity index (χ1n) is 5.85. The summed E-state index contributed by atoms with van der Waals surface area (Å²) in [5.74, 6) is 0.228. The predicted octanol–water partition coefficient (Wildman–Crippen LogP) is 3.28. The van der Waals surface area contributed by atoms with E-state index in [1.54, 1.807) is 11.1 Å². The SMILES string of the molecule is C=CCCC1(CCC=C)CCN(C=C)C1=O. The van der Waals surface area contributed by atoms with Crippen LogP contribution in [0.1, 0.15) is 32.1 Å². The fraction of sp³-hybridized carbons (Fsp3) is 0.500. The predicted molar refractivity (Wildman–Crippen MR) is 67.8 cm³/mol. The van der Waals surface area contributed by atoms with Gasteiger partial charge in [0.25, 0.3) is 0 Å². The quantitative estimate of drug-likeness (QED) is 0.602. The third-order valence-corrected chi connectivity index (χ3v) is 3.42. The molecule has 1 heterocycles. The molecule has 1 amide bonds. The summed E-state index contributed by atoms with van der Waals surface area (Å²) < 4.78 is 0. The van der Waals surface area contributed by atoms with Crippen LogP contribution in [0.15, 0.2) is 38.1 Å². The van der Waals surface area contributed by atoms with Crippen LogP contribution < -0.4 is 0 Å². The summed E-state index contributed by atoms with van der Waals surface area (Å²) in [6.45, 7) is 12.0. The van der Waals surface area contributed by atoms with Gasteiger partial charge in [-0.05, 0) is 38.3 Å². The van der Waals surface area contributed by atoms with Crippen molar-refractivity contribution >= 4 is 5.91 Å². The molecule has 0 spiro atoms. The summed E-state index contributed by atoms with van der Waals surface area (Å²) in [6.07, 6.45) is 9.94. The van der Waals surface area contributed by atoms with E-state index < -0.39 is 0 Å². The summed E-state index contributed by atoms with van der Waals surface area (Å²) in [6, 6.07) is 0. The number of carbonyl (C=O) groups is 1. The molecule has 1 saturated heterocycles. The second-order valence-electron chi connectivity index (χ2n) is 4.37. The monoisotopic (exact) mass is 219 g/mol. The molecule has 0 aromatic rings. The van der Waals surface area contributed by atoms with Gasteiger partial charge >= 0.3 is 0 Å². The van der Waals surface area contributed by atoms with Crippen molar-refractivity contribution in [3.8, 4) is 0 Å². The van der Waals surface area contributed by atoms with Gasteiger partial charge in [-0.1, -0.05) is 18.7 Å². The first-order chi connectivity index (χ1) is 7.70. The Morgan fingerprint density at radius 1 is 1.19 bits per heavy atom. The van der Waals surface area contributed by atoms with Crippen molar-refractivity contribution < 1.29 is 4.79 Å². The molecule has 0 unspecified atom stereocenters. The average molecular weight is 219 g/mol. The molecule has 1 aliphatic rings. The third-order valence-electron chi connectivity index (χ3n) is 3.42. The fourth-order valence-electron chi connectivity index (χ4n) is 2.37. The largest absolute Gasteiger partial charge is 0.319 e. The molecule has 2 nitrogen and oxygen atoms in total. The van der Waals surface area contributed by atoms with Gasteiger partial charge in [-0.25, -0.2) is 0 Å². The number of hydrogen-bond donors (Lipinski definition) is 0. The average Bonchev–Trinajstić information content (AvgIpc) is 2.62. The lowest BCUT2D eigenvalue weighted by Crippen LogP contribution is -2.31. The van der Waals surface area contributed by atoms with Crippen LogP contribution in [0, 0.1) is 5.41 Å². The van der Waals surface area contributed by atoms with E-state index in [0.29, 0.717) is 0 Å². The molecule has 2 heteroatoms. The normalized spacial score (nSPS) is 18.5. The van der Waals surface area contributed by atoms with Crippen molar-refractivity contribution in [3.05, 3.63) is 38.1 Å². The molecular formula is C14H21NO. The zero-order valence-corrected chi connectivity index (χ0v) is 9.95. The van der Waals surface area contributed by atoms with Crippen molar-refractivity contribution in [3.63, 3.8) is 0 Å². The third kappa shape index (κ3) is 2.43. The van der Waals surface area contributed by atoms with E-state index in [1.165, 1.54) is 0 Å². The van der Waals surface area contributed by atoms with Crippen LogP contribution >= 0.6 is 0 Å². The van der Waals surface area contributed by atoms with Gasteiger partial charge in [0.2, 0.25) is 5.91 Å². The number of carbonyl (C=O) groups excluding carboxylic acids is 1. The molecular weight excluding hydrogens is 198 g/mol. The lowest BCUT2D eigenvalue weighted by Gasteiger charge is -2.26. The Hall–Kier alpha value is -1.31. The Morgan fingerprint density at radius 3 is 2.12 bits per heavy atom. The molecule has 1 rings (SSSR count). The van der Waals surface area contributed by atoms with E-state index in [1.807, 2.05) is 12.2 Å². The Bertz CT molecular complexity index is 281. The van der Waals surface area contributed by atoms with Crippen molar-refractivity contribution in [2.24, 2.45) is 5.41 Å². The van der Waals surface area contributed by atoms with Crippen molar-refractivity contribution in [2.75, 3.05) is 6.54 Å². The number of rotatable bonds is 7. The van der Waals surface area contributed by atoms with Crippen LogP contribution in [0.3, 0.4) is 0 Å². The zero-order valence-electron chi connectivity index (χ0n) is 9.95. The highest BCUT2D eigenvalue weighted by Gasteiger charge is 2.44. The van der Waals surface area contributed by atoms with Gasteiger partial charge in [0.15, 0.2) is 0 Å². The first kappa shape index (κ1) is 12.8. The summed E-state index contributed by atoms with van der Waals surface area (Å²) in [5.41, 5.74) is -0.198. The van der Waals surface area contributed by atoms with Gasteiger partial charge in [0.1, 0.15) is 0 Å². The highest BCUT2D eigenvalue weighted by atomic mass is 16.2. The van der Waals surface area contributed by atoms with E-state index in [9.17, 15) is 4.79 Å². The smallest absolute Gasteiger partial charge is 0.232 e. The molecule has 0 aromatic carbocycles. The maximum Gasteiger partial charge on any atom is 0.232 e. The van der Waals surface area contributed by atoms with Crippen LogP contribution in [-0.4, -0.2) is 17.4 Å². The topological polar surface area (TPSA) is 20.3 Å². The van der Waals surface area contributed by atoms with Crippen molar-refractivity contribution in [2.45, 2.75) is 32.1 Å². The van der Waals surface area contributed by atoms with Gasteiger partial charge in [0, 0.05) is 6.54 Å². The highest BCUT2D eigenvalue weighted by molar-refractivity contribution is 5.85. The maximum atomic E-state index is 12.3. The molecule has 16 heavy (non-hydrogen) atoms. The van der Waals surface area contributed by atoms with Crippen LogP contribution in [-0.2, 0) is 4.79 Å². The van der Waals surface area contributed by atoms with Gasteiger partial charge < -0.3 is 4.90 Å². The molecule has 1 aliphatic heterocycles. The second-order valence-corrected chi connectivity index (χ2v) is 4.37. The van der Waals surface area contributed by atoms with E-state index in [2.05, 4.69) is 19.7 Å². The minimum atomic E-state index is -0.198. The lowest BCUT2D eigenvalue weighted by molar-refractivity contribution is -0.134. The Balaban J connectivity index is 2.78. The number of amides is 1. The fourth-order valence-corrected chi connectivity index (χ4v) is 2.37. The summed E-state index contributed by atoms with van der Waals surface area (Å²) in [4.78, 5) is 14.0. The second kappa shape index (κ2) is 5.69. The molecule has 1 fully saturated rings. The molecule has 0 N–H and O–H groups in total. The standard InChI is InChI=1S/C14H21NO/c1-4-7-9-14(10-8-5-2)11-12-15(6-3)13(14)16/h4-6H,1-3,7-12H2. The van der Waals surface area contributed by atoms with Gasteiger partial charge in [-0.15, -0.1) is 13.2 Å². The highest BCUT2D eigenvalue weighted by Crippen LogP contribution is 2.41. The van der Waals surface area contributed by atoms with E-state index in [4.69, 9.17) is 0 Å². The van der Waals surface area contributed by atoms with Crippen LogP contribution in [0.2, 0.25) is 0 Å². The van der Waals surface area contributed by atoms with E-state index in [0.717, 1.165) is 38.6 Å². The maximum absolute atomic E-state index is 12.3. The molecule has 0 radical (unpaired) electrons. The number of hydrogen-bond acceptors (Lipinski definition) is 1. The zero-order chi connectivity index (χ0) is 12.0. The minimum Gasteiger partial charge on any atom is -0.319 e. The summed E-state index contributed by atoms with van der Waals surface area (Å²) >= 11 is 0. The molecule has 0 aromatic heterocycles. The lowest BCUT2D eigenvalue weighted by atomic mass is 9.77. The van der Waals surface area contributed by atoms with Crippen molar-refractivity contribution in [1.29, 1.82) is 0 Å². The molecule has 0 bridgehead atoms. The van der Waals surface area contributed by atoms with Crippen LogP contribution in [0.5, 0.6) is 0 Å². The Labute approximate surface area is 98.3 Å². The number of allylic oxidation sites excluding steroid dienone is 2. The molecule has 0 saturated carbocycles. The van der Waals surface area contributed by atoms with E-state index in [-0.39, 0.29) is 11.3 Å². The number of nitrogens with zero attached hydrogens (tertiary/aromatic N) is 1. The van der Waals surface area contributed by atoms with E-state index >= 15 is 0 Å². The van der Waals surface area contributed by atoms with Crippen LogP contribution in [0.25, 0.3) is 0 Å².